The zero-order chi connectivity index (χ0) is 11.7. The molecule has 1 aromatic rings. The summed E-state index contributed by atoms with van der Waals surface area (Å²) in [5, 5.41) is 14.9. The van der Waals surface area contributed by atoms with Crippen molar-refractivity contribution in [1.29, 1.82) is 5.41 Å². The van der Waals surface area contributed by atoms with Gasteiger partial charge in [0.05, 0.1) is 5.69 Å². The third-order valence-electron chi connectivity index (χ3n) is 2.51. The largest absolute Gasteiger partial charge is 0.370 e. The average Bonchev–Trinajstić information content (AvgIpc) is 2.48. The molecular formula is C8H13N7O. The second kappa shape index (κ2) is 3.80. The number of guanidine groups is 1. The van der Waals surface area contributed by atoms with Gasteiger partial charge in [0.1, 0.15) is 6.54 Å². The molecule has 8 heteroatoms. The van der Waals surface area contributed by atoms with Gasteiger partial charge in [0.2, 0.25) is 5.91 Å². The van der Waals surface area contributed by atoms with Crippen LogP contribution in [0, 0.1) is 5.41 Å². The Bertz CT molecular complexity index is 420. The van der Waals surface area contributed by atoms with Crippen LogP contribution in [-0.2, 0) is 11.3 Å². The molecule has 1 amide bonds. The van der Waals surface area contributed by atoms with E-state index in [1.807, 2.05) is 0 Å². The van der Waals surface area contributed by atoms with E-state index in [0.29, 0.717) is 13.1 Å². The van der Waals surface area contributed by atoms with Crippen molar-refractivity contribution in [2.75, 3.05) is 13.1 Å². The molecule has 0 bridgehead atoms. The Balaban J connectivity index is 1.94. The third-order valence-corrected chi connectivity index (χ3v) is 2.51. The van der Waals surface area contributed by atoms with Crippen LogP contribution in [0.2, 0.25) is 0 Å². The van der Waals surface area contributed by atoms with E-state index >= 15 is 0 Å². The lowest BCUT2D eigenvalue weighted by atomic mass is 9.97. The fourth-order valence-electron chi connectivity index (χ4n) is 1.60. The van der Waals surface area contributed by atoms with E-state index < -0.39 is 5.91 Å². The topological polar surface area (TPSA) is 127 Å². The van der Waals surface area contributed by atoms with Gasteiger partial charge in [0, 0.05) is 25.2 Å². The summed E-state index contributed by atoms with van der Waals surface area (Å²) in [4.78, 5) is 12.4. The van der Waals surface area contributed by atoms with Crippen molar-refractivity contribution in [1.82, 2.24) is 19.9 Å². The van der Waals surface area contributed by atoms with Crippen LogP contribution in [0.3, 0.4) is 0 Å². The Morgan fingerprint density at radius 1 is 1.56 bits per heavy atom. The van der Waals surface area contributed by atoms with E-state index in [1.165, 1.54) is 4.68 Å². The van der Waals surface area contributed by atoms with Crippen LogP contribution >= 0.6 is 0 Å². The molecule has 1 aliphatic rings. The molecule has 0 unspecified atom stereocenters. The zero-order valence-electron chi connectivity index (χ0n) is 8.63. The smallest absolute Gasteiger partial charge is 0.239 e. The van der Waals surface area contributed by atoms with Crippen LogP contribution in [0.5, 0.6) is 0 Å². The van der Waals surface area contributed by atoms with Gasteiger partial charge in [0.25, 0.3) is 0 Å². The van der Waals surface area contributed by atoms with Gasteiger partial charge in [-0.2, -0.15) is 0 Å². The number of carbonyl (C=O) groups is 1. The van der Waals surface area contributed by atoms with Gasteiger partial charge >= 0.3 is 0 Å². The average molecular weight is 223 g/mol. The monoisotopic (exact) mass is 223 g/mol. The first-order valence-electron chi connectivity index (χ1n) is 4.83. The number of likely N-dealkylation sites (tertiary alicyclic amines) is 1. The van der Waals surface area contributed by atoms with E-state index in [-0.39, 0.29) is 18.4 Å². The summed E-state index contributed by atoms with van der Waals surface area (Å²) >= 11 is 0. The van der Waals surface area contributed by atoms with Gasteiger partial charge in [-0.25, -0.2) is 4.68 Å². The van der Waals surface area contributed by atoms with Crippen LogP contribution in [0.4, 0.5) is 0 Å². The maximum Gasteiger partial charge on any atom is 0.239 e. The summed E-state index contributed by atoms with van der Waals surface area (Å²) in [5.41, 5.74) is 11.2. The van der Waals surface area contributed by atoms with E-state index in [4.69, 9.17) is 16.9 Å². The minimum atomic E-state index is -0.449. The Kier molecular flexibility index (Phi) is 2.47. The number of nitrogens with zero attached hydrogens (tertiary/aromatic N) is 4. The number of carbonyl (C=O) groups excluding carboxylic acids is 1. The lowest BCUT2D eigenvalue weighted by molar-refractivity contribution is -0.118. The van der Waals surface area contributed by atoms with Crippen molar-refractivity contribution in [3.8, 4) is 0 Å². The number of primary amides is 1. The predicted molar refractivity (Wildman–Crippen MR) is 55.4 cm³/mol. The summed E-state index contributed by atoms with van der Waals surface area (Å²) in [5.74, 6) is -0.151. The van der Waals surface area contributed by atoms with Crippen LogP contribution < -0.4 is 11.5 Å². The number of aromatic nitrogens is 3. The highest BCUT2D eigenvalue weighted by Crippen LogP contribution is 2.24. The number of nitrogens with one attached hydrogen (secondary N) is 1. The van der Waals surface area contributed by atoms with Crippen molar-refractivity contribution >= 4 is 11.9 Å². The van der Waals surface area contributed by atoms with Crippen LogP contribution in [0.15, 0.2) is 6.20 Å². The Hall–Kier alpha value is -2.12. The van der Waals surface area contributed by atoms with E-state index in [9.17, 15) is 4.79 Å². The minimum absolute atomic E-state index is 0.0378. The molecule has 0 aliphatic carbocycles. The fraction of sp³-hybridized carbons (Fsp3) is 0.500. The highest BCUT2D eigenvalue weighted by molar-refractivity contribution is 5.75. The van der Waals surface area contributed by atoms with Crippen LogP contribution in [-0.4, -0.2) is 44.9 Å². The maximum atomic E-state index is 10.7. The SMILES string of the molecule is N=C(N)N1CC(c2cn(CC(N)=O)nn2)C1. The summed E-state index contributed by atoms with van der Waals surface area (Å²) in [7, 11) is 0. The molecule has 0 atom stereocenters. The molecule has 0 saturated carbocycles. The Morgan fingerprint density at radius 3 is 2.81 bits per heavy atom. The lowest BCUT2D eigenvalue weighted by Gasteiger charge is -2.38. The van der Waals surface area contributed by atoms with Gasteiger partial charge in [0.15, 0.2) is 5.96 Å². The Morgan fingerprint density at radius 2 is 2.25 bits per heavy atom. The van der Waals surface area contributed by atoms with Crippen molar-refractivity contribution in [3.05, 3.63) is 11.9 Å². The lowest BCUT2D eigenvalue weighted by Crippen LogP contribution is -2.51. The van der Waals surface area contributed by atoms with Crippen molar-refractivity contribution in [3.63, 3.8) is 0 Å². The molecule has 0 aromatic carbocycles. The molecule has 1 fully saturated rings. The molecule has 8 nitrogen and oxygen atoms in total. The standard InChI is InChI=1S/C8H13N7O/c9-7(16)4-15-3-6(12-13-15)5-1-14(2-5)8(10)11/h3,5H,1-2,4H2,(H2,9,16)(H3,10,11). The molecule has 1 aliphatic heterocycles. The highest BCUT2D eigenvalue weighted by atomic mass is 16.1. The van der Waals surface area contributed by atoms with E-state index in [1.54, 1.807) is 11.1 Å². The number of hydrogen-bond donors (Lipinski definition) is 3. The molecule has 0 radical (unpaired) electrons. The van der Waals surface area contributed by atoms with Crippen molar-refractivity contribution in [2.24, 2.45) is 11.5 Å². The van der Waals surface area contributed by atoms with Gasteiger partial charge in [-0.1, -0.05) is 5.21 Å². The van der Waals surface area contributed by atoms with Crippen LogP contribution in [0.1, 0.15) is 11.6 Å². The molecular weight excluding hydrogens is 210 g/mol. The first kappa shape index (κ1) is 10.4. The molecule has 16 heavy (non-hydrogen) atoms. The highest BCUT2D eigenvalue weighted by Gasteiger charge is 2.31. The summed E-state index contributed by atoms with van der Waals surface area (Å²) < 4.78 is 1.41. The number of amides is 1. The van der Waals surface area contributed by atoms with Gasteiger partial charge in [-0.3, -0.25) is 10.2 Å². The minimum Gasteiger partial charge on any atom is -0.370 e. The molecule has 86 valence electrons. The zero-order valence-corrected chi connectivity index (χ0v) is 8.63. The van der Waals surface area contributed by atoms with Crippen molar-refractivity contribution in [2.45, 2.75) is 12.5 Å². The van der Waals surface area contributed by atoms with Gasteiger partial charge in [-0.05, 0) is 0 Å². The Labute approximate surface area is 91.7 Å². The predicted octanol–water partition coefficient (Wildman–Crippen LogP) is -1.94. The first-order valence-corrected chi connectivity index (χ1v) is 4.83. The second-order valence-electron chi connectivity index (χ2n) is 3.79. The summed E-state index contributed by atoms with van der Waals surface area (Å²) in [6, 6.07) is 0. The third kappa shape index (κ3) is 1.95. The molecule has 0 spiro atoms. The molecule has 2 heterocycles. The number of nitrogens with two attached hydrogens (primary N) is 2. The fourth-order valence-corrected chi connectivity index (χ4v) is 1.60. The van der Waals surface area contributed by atoms with E-state index in [0.717, 1.165) is 5.69 Å². The number of hydrogen-bond acceptors (Lipinski definition) is 4. The molecule has 5 N–H and O–H groups in total. The number of rotatable bonds is 3. The second-order valence-corrected chi connectivity index (χ2v) is 3.79. The molecule has 1 aromatic heterocycles. The maximum absolute atomic E-state index is 10.7. The molecule has 2 rings (SSSR count). The summed E-state index contributed by atoms with van der Waals surface area (Å²) in [6.07, 6.45) is 1.70. The summed E-state index contributed by atoms with van der Waals surface area (Å²) in [6.45, 7) is 1.38. The first-order chi connectivity index (χ1) is 7.56. The van der Waals surface area contributed by atoms with Gasteiger partial charge in [-0.15, -0.1) is 5.10 Å². The van der Waals surface area contributed by atoms with E-state index in [2.05, 4.69) is 10.3 Å². The van der Waals surface area contributed by atoms with Crippen molar-refractivity contribution < 1.29 is 4.79 Å². The normalized spacial score (nSPS) is 15.9. The quantitative estimate of drug-likeness (QED) is 0.405. The molecule has 1 saturated heterocycles. The van der Waals surface area contributed by atoms with Gasteiger partial charge < -0.3 is 16.4 Å². The van der Waals surface area contributed by atoms with Crippen LogP contribution in [0.25, 0.3) is 0 Å².